The van der Waals surface area contributed by atoms with Crippen LogP contribution in [0.2, 0.25) is 0 Å². The van der Waals surface area contributed by atoms with Crippen LogP contribution in [0.15, 0.2) is 16.8 Å². The first-order valence-corrected chi connectivity index (χ1v) is 9.96. The zero-order valence-corrected chi connectivity index (χ0v) is 15.7. The number of nitrogens with one attached hydrogen (secondary N) is 1. The first-order chi connectivity index (χ1) is 12.6. The Bertz CT molecular complexity index is 757. The van der Waals surface area contributed by atoms with Crippen molar-refractivity contribution in [1.29, 1.82) is 0 Å². The highest BCUT2D eigenvalue weighted by Gasteiger charge is 2.35. The summed E-state index contributed by atoms with van der Waals surface area (Å²) in [6, 6.07) is 2.02. The van der Waals surface area contributed by atoms with E-state index in [-0.39, 0.29) is 11.9 Å². The van der Waals surface area contributed by atoms with Crippen LogP contribution in [-0.2, 0) is 0 Å². The van der Waals surface area contributed by atoms with Gasteiger partial charge in [-0.2, -0.15) is 5.10 Å². The number of nitrogens with zero attached hydrogens (tertiary/aromatic N) is 3. The molecule has 2 fully saturated rings. The number of carbonyl (C=O) groups excluding carboxylic acids is 1. The Morgan fingerprint density at radius 1 is 1.23 bits per heavy atom. The van der Waals surface area contributed by atoms with Gasteiger partial charge in [-0.05, 0) is 25.7 Å². The first-order valence-electron chi connectivity index (χ1n) is 9.96. The lowest BCUT2D eigenvalue weighted by atomic mass is 9.85. The summed E-state index contributed by atoms with van der Waals surface area (Å²) in [7, 11) is 0. The van der Waals surface area contributed by atoms with Crippen LogP contribution >= 0.6 is 0 Å². The van der Waals surface area contributed by atoms with Gasteiger partial charge < -0.3 is 9.42 Å². The lowest BCUT2D eigenvalue weighted by Crippen LogP contribution is -2.31. The molecule has 1 saturated heterocycles. The molecule has 1 aliphatic heterocycles. The molecule has 2 aromatic heterocycles. The quantitative estimate of drug-likeness (QED) is 0.872. The van der Waals surface area contributed by atoms with E-state index in [4.69, 9.17) is 4.52 Å². The number of likely N-dealkylation sites (tertiary alicyclic amines) is 1. The summed E-state index contributed by atoms with van der Waals surface area (Å²) in [6.07, 6.45) is 9.71. The van der Waals surface area contributed by atoms with Crippen LogP contribution < -0.4 is 0 Å². The number of amides is 1. The average Bonchev–Trinajstić information content (AvgIpc) is 3.41. The monoisotopic (exact) mass is 356 g/mol. The zero-order chi connectivity index (χ0) is 18.1. The molecule has 0 bridgehead atoms. The van der Waals surface area contributed by atoms with E-state index in [1.54, 1.807) is 6.20 Å². The normalized spacial score (nSPS) is 21.7. The van der Waals surface area contributed by atoms with Crippen molar-refractivity contribution < 1.29 is 9.32 Å². The number of rotatable bonds is 4. The highest BCUT2D eigenvalue weighted by Crippen LogP contribution is 2.37. The Kier molecular flexibility index (Phi) is 4.83. The van der Waals surface area contributed by atoms with Crippen molar-refractivity contribution in [3.05, 3.63) is 35.0 Å². The van der Waals surface area contributed by atoms with Gasteiger partial charge in [0.1, 0.15) is 11.5 Å². The summed E-state index contributed by atoms with van der Waals surface area (Å²) >= 11 is 0. The molecule has 1 N–H and O–H groups in total. The molecule has 1 atom stereocenters. The smallest absolute Gasteiger partial charge is 0.257 e. The maximum Gasteiger partial charge on any atom is 0.257 e. The second-order valence-electron chi connectivity index (χ2n) is 8.00. The first kappa shape index (κ1) is 17.3. The zero-order valence-electron chi connectivity index (χ0n) is 15.7. The molecule has 0 spiro atoms. The molecule has 6 heteroatoms. The van der Waals surface area contributed by atoms with E-state index < -0.39 is 0 Å². The van der Waals surface area contributed by atoms with E-state index in [9.17, 15) is 4.79 Å². The predicted octanol–water partition coefficient (Wildman–Crippen LogP) is 4.55. The Labute approximate surface area is 154 Å². The SMILES string of the molecule is CC(C)c1cc([C@@H]2CCCN2C(=O)c2cn[nH]c2C2CCCCC2)no1. The summed E-state index contributed by atoms with van der Waals surface area (Å²) in [5.74, 6) is 1.70. The standard InChI is InChI=1S/C20H28N4O2/c1-13(2)18-11-16(23-26-18)17-9-6-10-24(17)20(25)15-12-21-22-19(15)14-7-4-3-5-8-14/h11-14,17H,3-10H2,1-2H3,(H,21,22)/t17-/m0/s1. The molecule has 1 amide bonds. The third-order valence-electron chi connectivity index (χ3n) is 5.88. The van der Waals surface area contributed by atoms with Crippen molar-refractivity contribution in [2.75, 3.05) is 6.54 Å². The average molecular weight is 356 g/mol. The van der Waals surface area contributed by atoms with Crippen LogP contribution in [0, 0.1) is 0 Å². The fourth-order valence-corrected chi connectivity index (χ4v) is 4.37. The summed E-state index contributed by atoms with van der Waals surface area (Å²) in [5.41, 5.74) is 2.65. The largest absolute Gasteiger partial charge is 0.361 e. The number of hydrogen-bond donors (Lipinski definition) is 1. The van der Waals surface area contributed by atoms with E-state index in [1.165, 1.54) is 19.3 Å². The van der Waals surface area contributed by atoms with Crippen molar-refractivity contribution in [1.82, 2.24) is 20.3 Å². The van der Waals surface area contributed by atoms with Crippen molar-refractivity contribution in [3.63, 3.8) is 0 Å². The molecule has 1 saturated carbocycles. The minimum atomic E-state index is 0.00727. The highest BCUT2D eigenvalue weighted by molar-refractivity contribution is 5.95. The Balaban J connectivity index is 1.56. The minimum absolute atomic E-state index is 0.00727. The molecule has 1 aliphatic carbocycles. The summed E-state index contributed by atoms with van der Waals surface area (Å²) < 4.78 is 5.47. The van der Waals surface area contributed by atoms with E-state index >= 15 is 0 Å². The molecule has 140 valence electrons. The van der Waals surface area contributed by atoms with Crippen molar-refractivity contribution in [2.24, 2.45) is 0 Å². The second-order valence-corrected chi connectivity index (χ2v) is 8.00. The van der Waals surface area contributed by atoms with Gasteiger partial charge in [0, 0.05) is 24.4 Å². The van der Waals surface area contributed by atoms with Crippen LogP contribution in [0.1, 0.15) is 104 Å². The van der Waals surface area contributed by atoms with Gasteiger partial charge in [-0.3, -0.25) is 9.89 Å². The topological polar surface area (TPSA) is 75.0 Å². The van der Waals surface area contributed by atoms with Crippen molar-refractivity contribution in [3.8, 4) is 0 Å². The lowest BCUT2D eigenvalue weighted by molar-refractivity contribution is 0.0729. The molecule has 0 aromatic carbocycles. The van der Waals surface area contributed by atoms with Crippen molar-refractivity contribution in [2.45, 2.75) is 76.7 Å². The second kappa shape index (κ2) is 7.25. The van der Waals surface area contributed by atoms with E-state index in [0.29, 0.717) is 11.8 Å². The van der Waals surface area contributed by atoms with E-state index in [0.717, 1.165) is 54.9 Å². The lowest BCUT2D eigenvalue weighted by Gasteiger charge is -2.25. The number of aromatic nitrogens is 3. The predicted molar refractivity (Wildman–Crippen MR) is 98.0 cm³/mol. The molecule has 26 heavy (non-hydrogen) atoms. The van der Waals surface area contributed by atoms with E-state index in [2.05, 4.69) is 29.2 Å². The van der Waals surface area contributed by atoms with Crippen LogP contribution in [-0.4, -0.2) is 32.7 Å². The summed E-state index contributed by atoms with van der Waals surface area (Å²) in [6.45, 7) is 4.94. The van der Waals surface area contributed by atoms with Gasteiger partial charge in [0.15, 0.2) is 0 Å². The fourth-order valence-electron chi connectivity index (χ4n) is 4.37. The summed E-state index contributed by atoms with van der Waals surface area (Å²) in [4.78, 5) is 15.3. The molecule has 4 rings (SSSR count). The van der Waals surface area contributed by atoms with Crippen LogP contribution in [0.4, 0.5) is 0 Å². The molecule has 6 nitrogen and oxygen atoms in total. The van der Waals surface area contributed by atoms with Gasteiger partial charge in [0.05, 0.1) is 23.5 Å². The minimum Gasteiger partial charge on any atom is -0.361 e. The number of hydrogen-bond acceptors (Lipinski definition) is 4. The third-order valence-corrected chi connectivity index (χ3v) is 5.88. The number of carbonyl (C=O) groups is 1. The molecular weight excluding hydrogens is 328 g/mol. The van der Waals surface area contributed by atoms with Gasteiger partial charge in [0.2, 0.25) is 0 Å². The van der Waals surface area contributed by atoms with Crippen LogP contribution in [0.25, 0.3) is 0 Å². The van der Waals surface area contributed by atoms with Gasteiger partial charge in [-0.15, -0.1) is 0 Å². The maximum absolute atomic E-state index is 13.3. The Morgan fingerprint density at radius 2 is 2.04 bits per heavy atom. The maximum atomic E-state index is 13.3. The fraction of sp³-hybridized carbons (Fsp3) is 0.650. The van der Waals surface area contributed by atoms with Gasteiger partial charge in [0.25, 0.3) is 5.91 Å². The molecule has 3 heterocycles. The third kappa shape index (κ3) is 3.17. The molecule has 2 aromatic rings. The van der Waals surface area contributed by atoms with Crippen LogP contribution in [0.3, 0.4) is 0 Å². The summed E-state index contributed by atoms with van der Waals surface area (Å²) in [5, 5.41) is 11.6. The van der Waals surface area contributed by atoms with E-state index in [1.807, 2.05) is 11.0 Å². The van der Waals surface area contributed by atoms with Crippen molar-refractivity contribution >= 4 is 5.91 Å². The molecule has 0 unspecified atom stereocenters. The van der Waals surface area contributed by atoms with Gasteiger partial charge in [-0.25, -0.2) is 0 Å². The van der Waals surface area contributed by atoms with Gasteiger partial charge in [-0.1, -0.05) is 38.3 Å². The number of aromatic amines is 1. The van der Waals surface area contributed by atoms with Gasteiger partial charge >= 0.3 is 0 Å². The number of H-pyrrole nitrogens is 1. The molecule has 0 radical (unpaired) electrons. The van der Waals surface area contributed by atoms with Crippen LogP contribution in [0.5, 0.6) is 0 Å². The molecule has 2 aliphatic rings. The Morgan fingerprint density at radius 3 is 2.77 bits per heavy atom. The molecular formula is C20H28N4O2. The Hall–Kier alpha value is -2.11. The highest BCUT2D eigenvalue weighted by atomic mass is 16.5.